The second-order valence-electron chi connectivity index (χ2n) is 5.78. The molecular formula is C15H29ClO3S. The van der Waals surface area contributed by atoms with Crippen LogP contribution in [0.4, 0.5) is 0 Å². The SMILES string of the molecule is CCCCCC[C@H]1CCC(Cl)S(=O)(=O)CC[C@@H](CC)O1. The largest absolute Gasteiger partial charge is 0.375 e. The van der Waals surface area contributed by atoms with Gasteiger partial charge in [0.25, 0.3) is 0 Å². The third-order valence-electron chi connectivity index (χ3n) is 4.05. The molecule has 0 aromatic carbocycles. The van der Waals surface area contributed by atoms with Crippen LogP contribution < -0.4 is 0 Å². The lowest BCUT2D eigenvalue weighted by atomic mass is 10.0. The maximum atomic E-state index is 12.0. The number of ether oxygens (including phenoxy) is 1. The Hall–Kier alpha value is 0.200. The van der Waals surface area contributed by atoms with Gasteiger partial charge in [-0.1, -0.05) is 39.5 Å². The smallest absolute Gasteiger partial charge is 0.167 e. The fourth-order valence-electron chi connectivity index (χ4n) is 2.64. The Balaban J connectivity index is 2.57. The lowest BCUT2D eigenvalue weighted by Gasteiger charge is -2.23. The van der Waals surface area contributed by atoms with Gasteiger partial charge in [-0.15, -0.1) is 11.6 Å². The predicted molar refractivity (Wildman–Crippen MR) is 85.0 cm³/mol. The van der Waals surface area contributed by atoms with Gasteiger partial charge in [-0.25, -0.2) is 8.42 Å². The molecule has 1 rings (SSSR count). The summed E-state index contributed by atoms with van der Waals surface area (Å²) in [6.45, 7) is 4.26. The van der Waals surface area contributed by atoms with Gasteiger partial charge in [-0.3, -0.25) is 0 Å². The average Bonchev–Trinajstić information content (AvgIpc) is 2.47. The highest BCUT2D eigenvalue weighted by Crippen LogP contribution is 2.25. The molecule has 0 bridgehead atoms. The molecule has 0 aliphatic carbocycles. The van der Waals surface area contributed by atoms with Crippen molar-refractivity contribution in [1.82, 2.24) is 0 Å². The number of hydrogen-bond donors (Lipinski definition) is 0. The molecule has 5 heteroatoms. The van der Waals surface area contributed by atoms with Crippen LogP contribution >= 0.6 is 11.6 Å². The topological polar surface area (TPSA) is 43.4 Å². The molecule has 120 valence electrons. The van der Waals surface area contributed by atoms with Crippen LogP contribution in [0.1, 0.15) is 71.6 Å². The molecule has 1 aliphatic rings. The quantitative estimate of drug-likeness (QED) is 0.541. The van der Waals surface area contributed by atoms with Gasteiger partial charge in [-0.05, 0) is 32.1 Å². The summed E-state index contributed by atoms with van der Waals surface area (Å²) in [5, 5.41) is 0. The van der Waals surface area contributed by atoms with Crippen LogP contribution in [-0.4, -0.2) is 31.1 Å². The van der Waals surface area contributed by atoms with Crippen LogP contribution in [-0.2, 0) is 14.6 Å². The van der Waals surface area contributed by atoms with E-state index < -0.39 is 14.5 Å². The number of sulfone groups is 1. The molecule has 20 heavy (non-hydrogen) atoms. The van der Waals surface area contributed by atoms with E-state index in [2.05, 4.69) is 13.8 Å². The van der Waals surface area contributed by atoms with Crippen molar-refractivity contribution < 1.29 is 13.2 Å². The average molecular weight is 325 g/mol. The van der Waals surface area contributed by atoms with Gasteiger partial charge in [0.05, 0.1) is 18.0 Å². The first-order chi connectivity index (χ1) is 9.49. The zero-order chi connectivity index (χ0) is 15.0. The van der Waals surface area contributed by atoms with Crippen LogP contribution in [0.3, 0.4) is 0 Å². The molecule has 1 aliphatic heterocycles. The standard InChI is InChI=1S/C15H29ClO3S/c1-3-5-6-7-8-14-9-10-15(16)20(17,18)12-11-13(4-2)19-14/h13-15H,3-12H2,1-2H3/t13-,14+,15?/m1/s1. The normalized spacial score (nSPS) is 31.2. The Bertz CT molecular complexity index is 356. The van der Waals surface area contributed by atoms with Crippen molar-refractivity contribution in [2.24, 2.45) is 0 Å². The monoisotopic (exact) mass is 324 g/mol. The molecule has 1 heterocycles. The third-order valence-corrected chi connectivity index (χ3v) is 6.90. The van der Waals surface area contributed by atoms with Crippen molar-refractivity contribution in [1.29, 1.82) is 0 Å². The molecule has 0 radical (unpaired) electrons. The van der Waals surface area contributed by atoms with Gasteiger partial charge in [0.2, 0.25) is 0 Å². The van der Waals surface area contributed by atoms with E-state index in [1.165, 1.54) is 19.3 Å². The molecular weight excluding hydrogens is 296 g/mol. The van der Waals surface area contributed by atoms with E-state index in [9.17, 15) is 8.42 Å². The summed E-state index contributed by atoms with van der Waals surface area (Å²) < 4.78 is 29.4. The van der Waals surface area contributed by atoms with Crippen molar-refractivity contribution in [3.8, 4) is 0 Å². The minimum atomic E-state index is -3.15. The van der Waals surface area contributed by atoms with E-state index in [1.807, 2.05) is 0 Å². The first kappa shape index (κ1) is 18.2. The highest BCUT2D eigenvalue weighted by molar-refractivity contribution is 7.93. The minimum Gasteiger partial charge on any atom is -0.375 e. The first-order valence-corrected chi connectivity index (χ1v) is 10.2. The van der Waals surface area contributed by atoms with E-state index in [1.54, 1.807) is 0 Å². The Morgan fingerprint density at radius 3 is 2.45 bits per heavy atom. The van der Waals surface area contributed by atoms with E-state index in [0.29, 0.717) is 12.8 Å². The zero-order valence-electron chi connectivity index (χ0n) is 12.8. The van der Waals surface area contributed by atoms with Gasteiger partial charge in [0, 0.05) is 0 Å². The highest BCUT2D eigenvalue weighted by atomic mass is 35.5. The van der Waals surface area contributed by atoms with Crippen molar-refractivity contribution in [3.05, 3.63) is 0 Å². The fraction of sp³-hybridized carbons (Fsp3) is 1.00. The third kappa shape index (κ3) is 6.31. The summed E-state index contributed by atoms with van der Waals surface area (Å²) in [7, 11) is -3.15. The van der Waals surface area contributed by atoms with Crippen LogP contribution in [0, 0.1) is 0 Å². The summed E-state index contributed by atoms with van der Waals surface area (Å²) in [5.41, 5.74) is 0. The summed E-state index contributed by atoms with van der Waals surface area (Å²) >= 11 is 6.05. The van der Waals surface area contributed by atoms with Gasteiger partial charge in [0.1, 0.15) is 4.71 Å². The van der Waals surface area contributed by atoms with E-state index in [4.69, 9.17) is 16.3 Å². The Labute approximate surface area is 129 Å². The van der Waals surface area contributed by atoms with Crippen molar-refractivity contribution in [2.75, 3.05) is 5.75 Å². The second-order valence-corrected chi connectivity index (χ2v) is 8.87. The molecule has 1 fully saturated rings. The molecule has 0 saturated carbocycles. The summed E-state index contributed by atoms with van der Waals surface area (Å²) in [6.07, 6.45) is 8.86. The lowest BCUT2D eigenvalue weighted by molar-refractivity contribution is -0.0239. The molecule has 0 spiro atoms. The lowest BCUT2D eigenvalue weighted by Crippen LogP contribution is -2.23. The van der Waals surface area contributed by atoms with Crippen LogP contribution in [0.25, 0.3) is 0 Å². The number of rotatable bonds is 6. The maximum absolute atomic E-state index is 12.0. The Kier molecular flexibility index (Phi) is 8.45. The van der Waals surface area contributed by atoms with Crippen LogP contribution in [0.2, 0.25) is 0 Å². The number of unbranched alkanes of at least 4 members (excludes halogenated alkanes) is 3. The molecule has 0 N–H and O–H groups in total. The van der Waals surface area contributed by atoms with E-state index in [0.717, 1.165) is 25.7 Å². The first-order valence-electron chi connectivity index (χ1n) is 8.00. The van der Waals surface area contributed by atoms with Gasteiger partial charge >= 0.3 is 0 Å². The minimum absolute atomic E-state index is 0.0583. The Morgan fingerprint density at radius 1 is 1.05 bits per heavy atom. The molecule has 1 unspecified atom stereocenters. The molecule has 3 nitrogen and oxygen atoms in total. The molecule has 0 aromatic rings. The van der Waals surface area contributed by atoms with E-state index in [-0.39, 0.29) is 18.0 Å². The molecule has 1 saturated heterocycles. The highest BCUT2D eigenvalue weighted by Gasteiger charge is 2.28. The summed E-state index contributed by atoms with van der Waals surface area (Å²) in [6, 6.07) is 0. The summed E-state index contributed by atoms with van der Waals surface area (Å²) in [4.78, 5) is 0. The molecule has 0 aromatic heterocycles. The number of halogens is 1. The molecule has 3 atom stereocenters. The number of alkyl halides is 1. The number of hydrogen-bond acceptors (Lipinski definition) is 3. The van der Waals surface area contributed by atoms with E-state index >= 15 is 0 Å². The predicted octanol–water partition coefficient (Wildman–Crippen LogP) is 4.28. The van der Waals surface area contributed by atoms with Gasteiger partial charge in [-0.2, -0.15) is 0 Å². The maximum Gasteiger partial charge on any atom is 0.167 e. The van der Waals surface area contributed by atoms with Crippen molar-refractivity contribution >= 4 is 21.4 Å². The second kappa shape index (κ2) is 9.26. The summed E-state index contributed by atoms with van der Waals surface area (Å²) in [5.74, 6) is 0.155. The van der Waals surface area contributed by atoms with Crippen molar-refractivity contribution in [3.63, 3.8) is 0 Å². The fourth-order valence-corrected chi connectivity index (χ4v) is 4.38. The van der Waals surface area contributed by atoms with Gasteiger partial charge < -0.3 is 4.74 Å². The van der Waals surface area contributed by atoms with Crippen LogP contribution in [0.5, 0.6) is 0 Å². The van der Waals surface area contributed by atoms with Crippen LogP contribution in [0.15, 0.2) is 0 Å². The zero-order valence-corrected chi connectivity index (χ0v) is 14.4. The van der Waals surface area contributed by atoms with Gasteiger partial charge in [0.15, 0.2) is 9.84 Å². The van der Waals surface area contributed by atoms with Crippen molar-refractivity contribution in [2.45, 2.75) is 88.6 Å². The molecule has 0 amide bonds. The Morgan fingerprint density at radius 2 is 1.80 bits per heavy atom.